The van der Waals surface area contributed by atoms with Gasteiger partial charge >= 0.3 is 0 Å². The summed E-state index contributed by atoms with van der Waals surface area (Å²) in [6.45, 7) is 1.25. The lowest BCUT2D eigenvalue weighted by Gasteiger charge is -2.26. The number of likely N-dealkylation sites (tertiary alicyclic amines) is 1. The van der Waals surface area contributed by atoms with Crippen LogP contribution in [0.3, 0.4) is 0 Å². The topological polar surface area (TPSA) is 43.8 Å². The highest BCUT2D eigenvalue weighted by Gasteiger charge is 2.33. The van der Waals surface area contributed by atoms with Crippen LogP contribution in [0.15, 0.2) is 0 Å². The summed E-state index contributed by atoms with van der Waals surface area (Å²) in [6.07, 6.45) is 0.652. The molecule has 2 atom stereocenters. The highest BCUT2D eigenvalue weighted by atomic mass is 35.5. The second-order valence-electron chi connectivity index (χ2n) is 4.29. The average Bonchev–Trinajstić information content (AvgIpc) is 2.46. The fraction of sp³-hybridized carbons (Fsp3) is 0.900. The van der Waals surface area contributed by atoms with E-state index < -0.39 is 0 Å². The standard InChI is InChI=1S/C10H19ClN2O2/c1-12(2)6-8-5-9(14)7-13(8)10(15)3-4-11/h8-9,14H,3-7H2,1-2H3. The minimum atomic E-state index is -0.380. The fourth-order valence-corrected chi connectivity index (χ4v) is 2.18. The number of β-amino-alcohol motifs (C(OH)–C–C–N with tert-alkyl or cyclic N) is 1. The van der Waals surface area contributed by atoms with Gasteiger partial charge < -0.3 is 14.9 Å². The zero-order chi connectivity index (χ0) is 11.4. The normalized spacial score (nSPS) is 26.3. The number of halogens is 1. The van der Waals surface area contributed by atoms with Crippen molar-refractivity contribution in [3.05, 3.63) is 0 Å². The second kappa shape index (κ2) is 5.68. The molecule has 0 aromatic rings. The Morgan fingerprint density at radius 2 is 2.27 bits per heavy atom. The first-order chi connectivity index (χ1) is 7.04. The molecule has 5 heteroatoms. The Kier molecular flexibility index (Phi) is 4.83. The third-order valence-corrected chi connectivity index (χ3v) is 2.79. The Morgan fingerprint density at radius 1 is 1.60 bits per heavy atom. The Labute approximate surface area is 95.8 Å². The van der Waals surface area contributed by atoms with Crippen molar-refractivity contribution >= 4 is 17.5 Å². The van der Waals surface area contributed by atoms with Crippen LogP contribution in [0.4, 0.5) is 0 Å². The van der Waals surface area contributed by atoms with Crippen LogP contribution < -0.4 is 0 Å². The first-order valence-electron chi connectivity index (χ1n) is 5.22. The summed E-state index contributed by atoms with van der Waals surface area (Å²) >= 11 is 5.54. The summed E-state index contributed by atoms with van der Waals surface area (Å²) in [7, 11) is 3.93. The van der Waals surface area contributed by atoms with E-state index in [1.165, 1.54) is 0 Å². The number of aliphatic hydroxyl groups is 1. The van der Waals surface area contributed by atoms with E-state index in [4.69, 9.17) is 11.6 Å². The molecule has 88 valence electrons. The Balaban J connectivity index is 2.56. The van der Waals surface area contributed by atoms with Crippen molar-refractivity contribution in [2.24, 2.45) is 0 Å². The summed E-state index contributed by atoms with van der Waals surface area (Å²) in [5, 5.41) is 9.55. The number of hydrogen-bond donors (Lipinski definition) is 1. The van der Waals surface area contributed by atoms with Gasteiger partial charge in [0, 0.05) is 31.4 Å². The van der Waals surface area contributed by atoms with Crippen molar-refractivity contribution in [1.29, 1.82) is 0 Å². The highest BCUT2D eigenvalue weighted by molar-refractivity contribution is 6.18. The molecule has 1 fully saturated rings. The lowest BCUT2D eigenvalue weighted by molar-refractivity contribution is -0.132. The molecule has 0 aliphatic carbocycles. The van der Waals surface area contributed by atoms with Crippen molar-refractivity contribution in [3.63, 3.8) is 0 Å². The number of carbonyl (C=O) groups is 1. The van der Waals surface area contributed by atoms with E-state index in [9.17, 15) is 9.90 Å². The van der Waals surface area contributed by atoms with Gasteiger partial charge in [0.1, 0.15) is 0 Å². The molecule has 1 N–H and O–H groups in total. The first kappa shape index (κ1) is 12.7. The number of aliphatic hydroxyl groups excluding tert-OH is 1. The third-order valence-electron chi connectivity index (χ3n) is 2.60. The molecule has 1 aliphatic rings. The van der Waals surface area contributed by atoms with E-state index in [1.807, 2.05) is 19.0 Å². The Morgan fingerprint density at radius 3 is 2.80 bits per heavy atom. The monoisotopic (exact) mass is 234 g/mol. The van der Waals surface area contributed by atoms with Crippen LogP contribution in [0, 0.1) is 0 Å². The van der Waals surface area contributed by atoms with E-state index in [0.717, 1.165) is 6.54 Å². The average molecular weight is 235 g/mol. The molecule has 2 unspecified atom stereocenters. The zero-order valence-electron chi connectivity index (χ0n) is 9.32. The number of hydrogen-bond acceptors (Lipinski definition) is 3. The maximum absolute atomic E-state index is 11.7. The van der Waals surface area contributed by atoms with Gasteiger partial charge in [0.15, 0.2) is 0 Å². The van der Waals surface area contributed by atoms with Crippen molar-refractivity contribution in [2.45, 2.75) is 25.0 Å². The smallest absolute Gasteiger partial charge is 0.224 e. The van der Waals surface area contributed by atoms with Gasteiger partial charge in [-0.3, -0.25) is 4.79 Å². The van der Waals surface area contributed by atoms with Gasteiger partial charge in [-0.2, -0.15) is 0 Å². The lowest BCUT2D eigenvalue weighted by Crippen LogP contribution is -2.41. The van der Waals surface area contributed by atoms with Crippen LogP contribution >= 0.6 is 11.6 Å². The Hall–Kier alpha value is -0.320. The predicted octanol–water partition coefficient (Wildman–Crippen LogP) is 0.139. The first-order valence-corrected chi connectivity index (χ1v) is 5.76. The van der Waals surface area contributed by atoms with E-state index >= 15 is 0 Å². The van der Waals surface area contributed by atoms with Gasteiger partial charge in [-0.1, -0.05) is 0 Å². The molecule has 0 aromatic carbocycles. The molecule has 15 heavy (non-hydrogen) atoms. The zero-order valence-corrected chi connectivity index (χ0v) is 10.1. The maximum atomic E-state index is 11.7. The van der Waals surface area contributed by atoms with Gasteiger partial charge in [0.05, 0.1) is 6.10 Å². The van der Waals surface area contributed by atoms with Crippen LogP contribution in [0.25, 0.3) is 0 Å². The van der Waals surface area contributed by atoms with E-state index in [1.54, 1.807) is 4.90 Å². The predicted molar refractivity (Wildman–Crippen MR) is 60.0 cm³/mol. The SMILES string of the molecule is CN(C)CC1CC(O)CN1C(=O)CCCl. The molecule has 0 aromatic heterocycles. The summed E-state index contributed by atoms with van der Waals surface area (Å²) in [6, 6.07) is 0.130. The van der Waals surface area contributed by atoms with Gasteiger partial charge in [-0.15, -0.1) is 11.6 Å². The molecule has 1 amide bonds. The van der Waals surface area contributed by atoms with Crippen molar-refractivity contribution in [2.75, 3.05) is 33.1 Å². The number of nitrogens with zero attached hydrogens (tertiary/aromatic N) is 2. The van der Waals surface area contributed by atoms with E-state index in [0.29, 0.717) is 25.3 Å². The fourth-order valence-electron chi connectivity index (χ4n) is 2.02. The second-order valence-corrected chi connectivity index (χ2v) is 4.67. The van der Waals surface area contributed by atoms with Crippen molar-refractivity contribution in [1.82, 2.24) is 9.80 Å². The number of carbonyl (C=O) groups excluding carboxylic acids is 1. The van der Waals surface area contributed by atoms with Gasteiger partial charge in [0.25, 0.3) is 0 Å². The third kappa shape index (κ3) is 3.63. The minimum absolute atomic E-state index is 0.0494. The molecule has 1 saturated heterocycles. The largest absolute Gasteiger partial charge is 0.391 e. The van der Waals surface area contributed by atoms with Crippen LogP contribution in [-0.2, 0) is 4.79 Å². The number of likely N-dealkylation sites (N-methyl/N-ethyl adjacent to an activating group) is 1. The molecule has 1 rings (SSSR count). The molecule has 1 aliphatic heterocycles. The Bertz CT molecular complexity index is 223. The van der Waals surface area contributed by atoms with Gasteiger partial charge in [-0.05, 0) is 20.5 Å². The van der Waals surface area contributed by atoms with Crippen molar-refractivity contribution in [3.8, 4) is 0 Å². The quantitative estimate of drug-likeness (QED) is 0.704. The summed E-state index contributed by atoms with van der Waals surface area (Å²) < 4.78 is 0. The molecule has 1 heterocycles. The summed E-state index contributed by atoms with van der Waals surface area (Å²) in [5.41, 5.74) is 0. The molecule has 0 spiro atoms. The molecular weight excluding hydrogens is 216 g/mol. The molecule has 0 bridgehead atoms. The minimum Gasteiger partial charge on any atom is -0.391 e. The number of rotatable bonds is 4. The van der Waals surface area contributed by atoms with Crippen LogP contribution in [0.2, 0.25) is 0 Å². The lowest BCUT2D eigenvalue weighted by atomic mass is 10.2. The van der Waals surface area contributed by atoms with Crippen LogP contribution in [0.5, 0.6) is 0 Å². The van der Waals surface area contributed by atoms with Crippen molar-refractivity contribution < 1.29 is 9.90 Å². The van der Waals surface area contributed by atoms with Crippen LogP contribution in [0.1, 0.15) is 12.8 Å². The molecule has 4 nitrogen and oxygen atoms in total. The van der Waals surface area contributed by atoms with Gasteiger partial charge in [0.2, 0.25) is 5.91 Å². The summed E-state index contributed by atoms with van der Waals surface area (Å²) in [4.78, 5) is 15.5. The van der Waals surface area contributed by atoms with E-state index in [-0.39, 0.29) is 18.1 Å². The maximum Gasteiger partial charge on any atom is 0.224 e. The number of amides is 1. The highest BCUT2D eigenvalue weighted by Crippen LogP contribution is 2.19. The molecular formula is C10H19ClN2O2. The molecule has 0 saturated carbocycles. The van der Waals surface area contributed by atoms with E-state index in [2.05, 4.69) is 0 Å². The molecule has 0 radical (unpaired) electrons. The van der Waals surface area contributed by atoms with Crippen LogP contribution in [-0.4, -0.2) is 66.0 Å². The summed E-state index contributed by atoms with van der Waals surface area (Å²) in [5.74, 6) is 0.397. The number of alkyl halides is 1. The van der Waals surface area contributed by atoms with Gasteiger partial charge in [-0.25, -0.2) is 0 Å².